The number of hydrogen-bond acceptors (Lipinski definition) is 6. The van der Waals surface area contributed by atoms with E-state index in [1.807, 2.05) is 29.2 Å². The van der Waals surface area contributed by atoms with E-state index in [-0.39, 0.29) is 5.91 Å². The van der Waals surface area contributed by atoms with Crippen molar-refractivity contribution in [1.29, 1.82) is 0 Å². The lowest BCUT2D eigenvalue weighted by Crippen LogP contribution is -2.33. The third kappa shape index (κ3) is 4.68. The second-order valence-corrected chi connectivity index (χ2v) is 7.67. The van der Waals surface area contributed by atoms with Crippen molar-refractivity contribution < 1.29 is 9.21 Å². The Labute approximate surface area is 161 Å². The highest BCUT2D eigenvalue weighted by molar-refractivity contribution is 7.99. The minimum atomic E-state index is 0.156. The number of thioether (sulfide) groups is 1. The molecule has 1 aliphatic heterocycles. The predicted molar refractivity (Wildman–Crippen MR) is 104 cm³/mol. The Hall–Kier alpha value is -2.35. The lowest BCUT2D eigenvalue weighted by atomic mass is 10.2. The maximum Gasteiger partial charge on any atom is 0.277 e. The number of carbonyl (C=O) groups is 1. The van der Waals surface area contributed by atoms with Crippen LogP contribution in [0.4, 0.5) is 0 Å². The molecule has 8 heteroatoms. The van der Waals surface area contributed by atoms with Crippen molar-refractivity contribution in [3.63, 3.8) is 0 Å². The summed E-state index contributed by atoms with van der Waals surface area (Å²) in [6, 6.07) is 7.95. The summed E-state index contributed by atoms with van der Waals surface area (Å²) in [7, 11) is 0. The van der Waals surface area contributed by atoms with E-state index < -0.39 is 0 Å². The average molecular weight is 385 g/mol. The van der Waals surface area contributed by atoms with Gasteiger partial charge < -0.3 is 14.3 Å². The van der Waals surface area contributed by atoms with Gasteiger partial charge in [0, 0.05) is 25.9 Å². The molecule has 0 bridgehead atoms. The van der Waals surface area contributed by atoms with Crippen LogP contribution in [0.5, 0.6) is 0 Å². The summed E-state index contributed by atoms with van der Waals surface area (Å²) in [5, 5.41) is 8.59. The molecule has 2 aromatic heterocycles. The molecule has 1 N–H and O–H groups in total. The van der Waals surface area contributed by atoms with Gasteiger partial charge in [0.25, 0.3) is 5.22 Å². The van der Waals surface area contributed by atoms with Crippen LogP contribution in [0.15, 0.2) is 33.9 Å². The fraction of sp³-hybridized carbons (Fsp3) is 0.474. The minimum absolute atomic E-state index is 0.156. The zero-order valence-corrected chi connectivity index (χ0v) is 16.0. The number of nitrogens with zero attached hydrogens (tertiary/aromatic N) is 4. The molecule has 142 valence electrons. The first-order valence-corrected chi connectivity index (χ1v) is 10.4. The quantitative estimate of drug-likeness (QED) is 0.656. The molecule has 27 heavy (non-hydrogen) atoms. The highest BCUT2D eigenvalue weighted by Crippen LogP contribution is 2.19. The van der Waals surface area contributed by atoms with Crippen molar-refractivity contribution >= 4 is 28.7 Å². The van der Waals surface area contributed by atoms with Crippen molar-refractivity contribution in [3.05, 3.63) is 36.0 Å². The van der Waals surface area contributed by atoms with Crippen LogP contribution in [0.1, 0.15) is 37.4 Å². The van der Waals surface area contributed by atoms with Crippen molar-refractivity contribution in [2.24, 2.45) is 0 Å². The van der Waals surface area contributed by atoms with Gasteiger partial charge in [-0.2, -0.15) is 0 Å². The van der Waals surface area contributed by atoms with Gasteiger partial charge in [0.2, 0.25) is 11.8 Å². The van der Waals surface area contributed by atoms with E-state index in [1.54, 1.807) is 0 Å². The van der Waals surface area contributed by atoms with Gasteiger partial charge in [-0.3, -0.25) is 4.79 Å². The maximum absolute atomic E-state index is 12.3. The molecule has 0 atom stereocenters. The first-order valence-electron chi connectivity index (χ1n) is 9.44. The largest absolute Gasteiger partial charge is 0.416 e. The molecule has 1 fully saturated rings. The Kier molecular flexibility index (Phi) is 5.72. The van der Waals surface area contributed by atoms with Crippen LogP contribution in [-0.4, -0.2) is 49.8 Å². The molecule has 1 aliphatic rings. The van der Waals surface area contributed by atoms with Crippen LogP contribution < -0.4 is 0 Å². The minimum Gasteiger partial charge on any atom is -0.416 e. The van der Waals surface area contributed by atoms with Crippen LogP contribution in [-0.2, 0) is 17.6 Å². The van der Waals surface area contributed by atoms with Crippen LogP contribution in [0.2, 0.25) is 0 Å². The van der Waals surface area contributed by atoms with Gasteiger partial charge in [-0.1, -0.05) is 36.7 Å². The van der Waals surface area contributed by atoms with Gasteiger partial charge in [-0.25, -0.2) is 4.98 Å². The van der Waals surface area contributed by atoms with Gasteiger partial charge >= 0.3 is 0 Å². The molecule has 0 unspecified atom stereocenters. The van der Waals surface area contributed by atoms with E-state index in [1.165, 1.54) is 24.6 Å². The third-order valence-electron chi connectivity index (χ3n) is 4.74. The van der Waals surface area contributed by atoms with Gasteiger partial charge in [0.05, 0.1) is 16.8 Å². The van der Waals surface area contributed by atoms with E-state index in [4.69, 9.17) is 4.42 Å². The number of likely N-dealkylation sites (tertiary alicyclic amines) is 1. The number of para-hydroxylation sites is 2. The maximum atomic E-state index is 12.3. The van der Waals surface area contributed by atoms with Gasteiger partial charge in [0.15, 0.2) is 0 Å². The fourth-order valence-corrected chi connectivity index (χ4v) is 3.96. The number of imidazole rings is 1. The molecule has 0 radical (unpaired) electrons. The number of aromatic amines is 1. The van der Waals surface area contributed by atoms with Crippen LogP contribution in [0, 0.1) is 0 Å². The smallest absolute Gasteiger partial charge is 0.277 e. The molecule has 3 aromatic rings. The Morgan fingerprint density at radius 2 is 1.93 bits per heavy atom. The van der Waals surface area contributed by atoms with E-state index in [2.05, 4.69) is 20.2 Å². The first-order chi connectivity index (χ1) is 13.3. The molecule has 1 amide bonds. The van der Waals surface area contributed by atoms with E-state index >= 15 is 0 Å². The Morgan fingerprint density at radius 1 is 1.11 bits per heavy atom. The van der Waals surface area contributed by atoms with E-state index in [0.717, 1.165) is 42.8 Å². The van der Waals surface area contributed by atoms with Crippen molar-refractivity contribution in [3.8, 4) is 0 Å². The van der Waals surface area contributed by atoms with E-state index in [0.29, 0.717) is 29.7 Å². The number of hydrogen-bond donors (Lipinski definition) is 1. The molecule has 1 aromatic carbocycles. The third-order valence-corrected chi connectivity index (χ3v) is 5.54. The number of amides is 1. The summed E-state index contributed by atoms with van der Waals surface area (Å²) in [5.74, 6) is 1.98. The molecule has 3 heterocycles. The Morgan fingerprint density at radius 3 is 2.74 bits per heavy atom. The van der Waals surface area contributed by atoms with Crippen molar-refractivity contribution in [1.82, 2.24) is 25.1 Å². The second kappa shape index (κ2) is 8.56. The van der Waals surface area contributed by atoms with Crippen molar-refractivity contribution in [2.45, 2.75) is 43.7 Å². The lowest BCUT2D eigenvalue weighted by Gasteiger charge is -2.19. The van der Waals surface area contributed by atoms with Gasteiger partial charge in [0.1, 0.15) is 5.82 Å². The zero-order chi connectivity index (χ0) is 18.5. The average Bonchev–Trinajstić information content (AvgIpc) is 3.22. The van der Waals surface area contributed by atoms with Crippen LogP contribution >= 0.6 is 11.8 Å². The molecular weight excluding hydrogens is 362 g/mol. The number of H-pyrrole nitrogens is 1. The highest BCUT2D eigenvalue weighted by Gasteiger charge is 2.17. The summed E-state index contributed by atoms with van der Waals surface area (Å²) < 4.78 is 5.67. The Balaban J connectivity index is 1.27. The summed E-state index contributed by atoms with van der Waals surface area (Å²) in [5.41, 5.74) is 1.99. The number of benzene rings is 1. The normalized spacial score (nSPS) is 15.2. The number of nitrogens with one attached hydrogen (secondary N) is 1. The van der Waals surface area contributed by atoms with E-state index in [9.17, 15) is 4.79 Å². The predicted octanol–water partition coefficient (Wildman–Crippen LogP) is 3.23. The second-order valence-electron chi connectivity index (χ2n) is 6.75. The number of aromatic nitrogens is 4. The monoisotopic (exact) mass is 385 g/mol. The zero-order valence-electron chi connectivity index (χ0n) is 15.2. The van der Waals surface area contributed by atoms with Gasteiger partial charge in [-0.15, -0.1) is 10.2 Å². The summed E-state index contributed by atoms with van der Waals surface area (Å²) in [6.45, 7) is 1.73. The number of aryl methyl sites for hydroxylation is 2. The van der Waals surface area contributed by atoms with Crippen LogP contribution in [0.3, 0.4) is 0 Å². The summed E-state index contributed by atoms with van der Waals surface area (Å²) in [4.78, 5) is 22.1. The fourth-order valence-electron chi connectivity index (χ4n) is 3.28. The lowest BCUT2D eigenvalue weighted by molar-refractivity contribution is -0.128. The summed E-state index contributed by atoms with van der Waals surface area (Å²) >= 11 is 1.32. The highest BCUT2D eigenvalue weighted by atomic mass is 32.2. The molecule has 1 saturated heterocycles. The molecule has 0 aliphatic carbocycles. The molecule has 7 nitrogen and oxygen atoms in total. The van der Waals surface area contributed by atoms with Gasteiger partial charge in [-0.05, 0) is 25.0 Å². The molecule has 0 saturated carbocycles. The first kappa shape index (κ1) is 18.0. The summed E-state index contributed by atoms with van der Waals surface area (Å²) in [6.07, 6.45) is 5.96. The van der Waals surface area contributed by atoms with Crippen molar-refractivity contribution in [2.75, 3.05) is 18.8 Å². The molecular formula is C19H23N5O2S. The molecule has 4 rings (SSSR count). The number of fused-ring (bicyclic) bond motifs is 1. The standard InChI is InChI=1S/C19H23N5O2S/c25-18(24-11-5-1-2-6-12-24)13-27-19-23-22-17(26-19)10-9-16-20-14-7-3-4-8-15(14)21-16/h3-4,7-8H,1-2,5-6,9-13H2,(H,20,21). The van der Waals surface area contributed by atoms with Crippen LogP contribution in [0.25, 0.3) is 11.0 Å². The Bertz CT molecular complexity index is 865. The topological polar surface area (TPSA) is 87.9 Å². The number of rotatable bonds is 6. The number of carbonyl (C=O) groups excluding carboxylic acids is 1. The SMILES string of the molecule is O=C(CSc1nnc(CCc2nc3ccccc3[nH]2)o1)N1CCCCCC1. The molecule has 0 spiro atoms.